The number of aromatic nitrogens is 1. The van der Waals surface area contributed by atoms with E-state index >= 15 is 0 Å². The van der Waals surface area contributed by atoms with Crippen LogP contribution >= 0.6 is 11.3 Å². The first-order valence-corrected chi connectivity index (χ1v) is 8.60. The molecule has 1 heterocycles. The van der Waals surface area contributed by atoms with Crippen molar-refractivity contribution in [2.45, 2.75) is 58.6 Å². The Morgan fingerprint density at radius 1 is 1.52 bits per heavy atom. The fourth-order valence-electron chi connectivity index (χ4n) is 2.95. The zero-order valence-electron chi connectivity index (χ0n) is 14.2. The molecule has 2 N–H and O–H groups in total. The van der Waals surface area contributed by atoms with Crippen LogP contribution < -0.4 is 5.32 Å². The number of amides is 1. The van der Waals surface area contributed by atoms with Gasteiger partial charge < -0.3 is 15.2 Å². The summed E-state index contributed by atoms with van der Waals surface area (Å²) in [6, 6.07) is 0. The highest BCUT2D eigenvalue weighted by atomic mass is 32.1. The lowest BCUT2D eigenvalue weighted by molar-refractivity contribution is -0.190. The third kappa shape index (κ3) is 2.87. The number of carboxylic acids is 1. The van der Waals surface area contributed by atoms with E-state index in [9.17, 15) is 14.7 Å². The van der Waals surface area contributed by atoms with Crippen molar-refractivity contribution in [3.05, 3.63) is 16.1 Å². The molecule has 0 radical (unpaired) electrons. The number of rotatable bonds is 6. The zero-order valence-corrected chi connectivity index (χ0v) is 15.0. The second-order valence-corrected chi connectivity index (χ2v) is 7.81. The Hall–Kier alpha value is -1.47. The quantitative estimate of drug-likeness (QED) is 0.831. The van der Waals surface area contributed by atoms with Crippen molar-refractivity contribution >= 4 is 23.2 Å². The highest BCUT2D eigenvalue weighted by Gasteiger charge is 2.66. The van der Waals surface area contributed by atoms with E-state index in [0.717, 1.165) is 5.01 Å². The second-order valence-electron chi connectivity index (χ2n) is 6.75. The van der Waals surface area contributed by atoms with Crippen LogP contribution in [0.3, 0.4) is 0 Å². The molecule has 0 aromatic carbocycles. The minimum atomic E-state index is -1.31. The Balaban J connectivity index is 2.20. The van der Waals surface area contributed by atoms with Crippen molar-refractivity contribution in [3.63, 3.8) is 0 Å². The Labute approximate surface area is 140 Å². The molecule has 1 amide bonds. The summed E-state index contributed by atoms with van der Waals surface area (Å²) in [6.07, 6.45) is 1.60. The van der Waals surface area contributed by atoms with E-state index in [-0.39, 0.29) is 24.3 Å². The predicted octanol–water partition coefficient (Wildman–Crippen LogP) is 2.65. The molecule has 2 atom stereocenters. The smallest absolute Gasteiger partial charge is 0.330 e. The van der Waals surface area contributed by atoms with Crippen LogP contribution in [0.5, 0.6) is 0 Å². The third-order valence-electron chi connectivity index (χ3n) is 4.70. The first kappa shape index (κ1) is 17.9. The second kappa shape index (κ2) is 6.20. The fourth-order valence-corrected chi connectivity index (χ4v) is 3.77. The first-order chi connectivity index (χ1) is 10.7. The summed E-state index contributed by atoms with van der Waals surface area (Å²) in [6.45, 7) is 10.0. The molecular formula is C16H24N2O4S. The Bertz CT molecular complexity index is 611. The molecule has 7 heteroatoms. The SMILES string of the molecule is CCOC1CC(NC(=O)c2cnc(C(C)C)s2)(C(=O)O)C1(C)C. The topological polar surface area (TPSA) is 88.5 Å². The normalized spacial score (nSPS) is 25.9. The van der Waals surface area contributed by atoms with E-state index in [2.05, 4.69) is 10.3 Å². The Morgan fingerprint density at radius 2 is 2.17 bits per heavy atom. The van der Waals surface area contributed by atoms with E-state index in [1.54, 1.807) is 0 Å². The van der Waals surface area contributed by atoms with Crippen molar-refractivity contribution in [1.29, 1.82) is 0 Å². The largest absolute Gasteiger partial charge is 0.479 e. The summed E-state index contributed by atoms with van der Waals surface area (Å²) in [5, 5.41) is 13.3. The summed E-state index contributed by atoms with van der Waals surface area (Å²) in [7, 11) is 0. The van der Waals surface area contributed by atoms with Crippen molar-refractivity contribution in [3.8, 4) is 0 Å². The van der Waals surface area contributed by atoms with Crippen LogP contribution in [0.4, 0.5) is 0 Å². The number of ether oxygens (including phenoxy) is 1. The molecule has 1 aliphatic carbocycles. The molecule has 1 fully saturated rings. The van der Waals surface area contributed by atoms with Gasteiger partial charge in [0, 0.05) is 24.4 Å². The maximum atomic E-state index is 12.5. The molecule has 1 aromatic rings. The molecule has 6 nitrogen and oxygen atoms in total. The number of hydrogen-bond donors (Lipinski definition) is 2. The van der Waals surface area contributed by atoms with Gasteiger partial charge in [0.2, 0.25) is 0 Å². The molecule has 128 valence electrons. The lowest BCUT2D eigenvalue weighted by Crippen LogP contribution is -2.76. The van der Waals surface area contributed by atoms with Crippen LogP contribution in [-0.4, -0.2) is 40.2 Å². The summed E-state index contributed by atoms with van der Waals surface area (Å²) < 4.78 is 5.60. The van der Waals surface area contributed by atoms with Gasteiger partial charge >= 0.3 is 5.97 Å². The molecule has 23 heavy (non-hydrogen) atoms. The summed E-state index contributed by atoms with van der Waals surface area (Å²) in [4.78, 5) is 29.0. The standard InChI is InChI=1S/C16H24N2O4S/c1-6-22-11-7-16(14(20)21,15(11,4)5)18-12(19)10-8-17-13(23-10)9(2)3/h8-9,11H,6-7H2,1-5H3,(H,18,19)(H,20,21). The number of carbonyl (C=O) groups is 2. The van der Waals surface area contributed by atoms with Crippen LogP contribution in [0.1, 0.15) is 61.6 Å². The van der Waals surface area contributed by atoms with Crippen LogP contribution in [-0.2, 0) is 9.53 Å². The third-order valence-corrected chi connectivity index (χ3v) is 5.99. The number of thiazole rings is 1. The summed E-state index contributed by atoms with van der Waals surface area (Å²) in [5.41, 5.74) is -2.00. The van der Waals surface area contributed by atoms with Crippen LogP contribution in [0.25, 0.3) is 0 Å². The molecule has 0 spiro atoms. The molecule has 2 rings (SSSR count). The van der Waals surface area contributed by atoms with E-state index in [0.29, 0.717) is 11.5 Å². The number of nitrogens with zero attached hydrogens (tertiary/aromatic N) is 1. The van der Waals surface area contributed by atoms with E-state index in [4.69, 9.17) is 4.74 Å². The lowest BCUT2D eigenvalue weighted by atomic mass is 9.54. The van der Waals surface area contributed by atoms with Gasteiger partial charge in [0.1, 0.15) is 10.4 Å². The van der Waals surface area contributed by atoms with Crippen molar-refractivity contribution in [2.75, 3.05) is 6.61 Å². The van der Waals surface area contributed by atoms with Gasteiger partial charge in [-0.1, -0.05) is 27.7 Å². The lowest BCUT2D eigenvalue weighted by Gasteiger charge is -2.58. The van der Waals surface area contributed by atoms with Crippen LogP contribution in [0.2, 0.25) is 0 Å². The van der Waals surface area contributed by atoms with Crippen LogP contribution in [0.15, 0.2) is 6.20 Å². The summed E-state index contributed by atoms with van der Waals surface area (Å²) >= 11 is 1.30. The van der Waals surface area contributed by atoms with Gasteiger partial charge in [0.15, 0.2) is 0 Å². The molecule has 1 saturated carbocycles. The first-order valence-electron chi connectivity index (χ1n) is 7.79. The Kier molecular flexibility index (Phi) is 4.82. The van der Waals surface area contributed by atoms with Crippen LogP contribution in [0, 0.1) is 5.41 Å². The maximum absolute atomic E-state index is 12.5. The molecule has 2 unspecified atom stereocenters. The number of aliphatic carboxylic acids is 1. The predicted molar refractivity (Wildman–Crippen MR) is 87.8 cm³/mol. The molecule has 0 bridgehead atoms. The number of carboxylic acid groups (broad SMARTS) is 1. The van der Waals surface area contributed by atoms with Gasteiger partial charge in [-0.2, -0.15) is 0 Å². The van der Waals surface area contributed by atoms with Gasteiger partial charge in [-0.15, -0.1) is 11.3 Å². The van der Waals surface area contributed by atoms with E-state index < -0.39 is 16.9 Å². The van der Waals surface area contributed by atoms with Gasteiger partial charge in [-0.3, -0.25) is 4.79 Å². The average molecular weight is 340 g/mol. The van der Waals surface area contributed by atoms with E-state index in [1.165, 1.54) is 17.5 Å². The average Bonchev–Trinajstić information content (AvgIpc) is 2.95. The number of nitrogens with one attached hydrogen (secondary N) is 1. The minimum absolute atomic E-state index is 0.184. The van der Waals surface area contributed by atoms with Gasteiger partial charge in [0.25, 0.3) is 5.91 Å². The highest BCUT2D eigenvalue weighted by molar-refractivity contribution is 7.13. The number of carbonyl (C=O) groups excluding carboxylic acids is 1. The molecule has 1 aromatic heterocycles. The van der Waals surface area contributed by atoms with Gasteiger partial charge in [-0.25, -0.2) is 9.78 Å². The monoisotopic (exact) mass is 340 g/mol. The van der Waals surface area contributed by atoms with Crippen molar-refractivity contribution < 1.29 is 19.4 Å². The highest BCUT2D eigenvalue weighted by Crippen LogP contribution is 2.51. The van der Waals surface area contributed by atoms with Gasteiger partial charge in [-0.05, 0) is 6.92 Å². The minimum Gasteiger partial charge on any atom is -0.479 e. The van der Waals surface area contributed by atoms with Crippen molar-refractivity contribution in [2.24, 2.45) is 5.41 Å². The summed E-state index contributed by atoms with van der Waals surface area (Å²) in [5.74, 6) is -1.18. The molecular weight excluding hydrogens is 316 g/mol. The fraction of sp³-hybridized carbons (Fsp3) is 0.688. The number of hydrogen-bond acceptors (Lipinski definition) is 5. The van der Waals surface area contributed by atoms with Gasteiger partial charge in [0.05, 0.1) is 17.3 Å². The van der Waals surface area contributed by atoms with E-state index in [1.807, 2.05) is 34.6 Å². The maximum Gasteiger partial charge on any atom is 0.330 e. The van der Waals surface area contributed by atoms with Crippen molar-refractivity contribution in [1.82, 2.24) is 10.3 Å². The molecule has 0 aliphatic heterocycles. The molecule has 0 saturated heterocycles. The Morgan fingerprint density at radius 3 is 2.61 bits per heavy atom. The zero-order chi connectivity index (χ0) is 17.4. The molecule has 1 aliphatic rings.